The van der Waals surface area contributed by atoms with Gasteiger partial charge in [-0.1, -0.05) is 13.3 Å². The van der Waals surface area contributed by atoms with Crippen molar-refractivity contribution in [2.24, 2.45) is 17.3 Å². The minimum atomic E-state index is -0.387. The summed E-state index contributed by atoms with van der Waals surface area (Å²) in [6.45, 7) is 2.18. The van der Waals surface area contributed by atoms with Crippen LogP contribution in [-0.2, 0) is 0 Å². The second-order valence-electron chi connectivity index (χ2n) is 5.07. The van der Waals surface area contributed by atoms with Crippen LogP contribution in [0.4, 0.5) is 0 Å². The van der Waals surface area contributed by atoms with Gasteiger partial charge in [0.05, 0.1) is 17.6 Å². The highest BCUT2D eigenvalue weighted by molar-refractivity contribution is 5.11. The predicted octanol–water partition coefficient (Wildman–Crippen LogP) is 2.48. The van der Waals surface area contributed by atoms with Gasteiger partial charge < -0.3 is 5.11 Å². The first-order valence-corrected chi connectivity index (χ1v) is 5.81. The Labute approximate surface area is 85.9 Å². The van der Waals surface area contributed by atoms with Gasteiger partial charge in [0, 0.05) is 0 Å². The molecule has 0 aliphatic heterocycles. The molecule has 2 aliphatic carbocycles. The fraction of sp³-hybridized carbons (Fsp3) is 0.917. The Bertz CT molecular complexity index is 254. The van der Waals surface area contributed by atoms with Crippen LogP contribution in [0.5, 0.6) is 0 Å². The number of aliphatic hydroxyl groups is 1. The maximum absolute atomic E-state index is 10.1. The highest BCUT2D eigenvalue weighted by atomic mass is 16.3. The number of aliphatic hydroxyl groups excluding tert-OH is 1. The summed E-state index contributed by atoms with van der Waals surface area (Å²) < 4.78 is 0. The van der Waals surface area contributed by atoms with Gasteiger partial charge in [0.15, 0.2) is 0 Å². The molecule has 0 aromatic heterocycles. The highest BCUT2D eigenvalue weighted by Gasteiger charge is 2.49. The fourth-order valence-corrected chi connectivity index (χ4v) is 2.83. The third-order valence-corrected chi connectivity index (χ3v) is 4.09. The Hall–Kier alpha value is -0.550. The Kier molecular flexibility index (Phi) is 2.53. The van der Waals surface area contributed by atoms with Gasteiger partial charge in [0.25, 0.3) is 0 Å². The van der Waals surface area contributed by atoms with E-state index in [2.05, 4.69) is 13.0 Å². The summed E-state index contributed by atoms with van der Waals surface area (Å²) in [5, 5.41) is 19.4. The van der Waals surface area contributed by atoms with Gasteiger partial charge in [-0.05, 0) is 43.9 Å². The molecule has 3 atom stereocenters. The summed E-state index contributed by atoms with van der Waals surface area (Å²) in [4.78, 5) is 0. The van der Waals surface area contributed by atoms with Crippen LogP contribution in [-0.4, -0.2) is 11.2 Å². The SMILES string of the molecule is CCC1CCC(C#N)(C(O)C2CC2)C1. The minimum absolute atomic E-state index is 0.343. The first-order chi connectivity index (χ1) is 6.72. The monoisotopic (exact) mass is 193 g/mol. The van der Waals surface area contributed by atoms with E-state index in [0.29, 0.717) is 11.8 Å². The van der Waals surface area contributed by atoms with Crippen molar-refractivity contribution in [3.8, 4) is 6.07 Å². The summed E-state index contributed by atoms with van der Waals surface area (Å²) in [6, 6.07) is 2.41. The topological polar surface area (TPSA) is 44.0 Å². The summed E-state index contributed by atoms with van der Waals surface area (Å²) in [5.41, 5.74) is -0.387. The molecular formula is C12H19NO. The van der Waals surface area contributed by atoms with Crippen molar-refractivity contribution in [2.45, 2.75) is 51.6 Å². The number of nitriles is 1. The zero-order valence-corrected chi connectivity index (χ0v) is 8.87. The Morgan fingerprint density at radius 1 is 1.50 bits per heavy atom. The molecule has 14 heavy (non-hydrogen) atoms. The van der Waals surface area contributed by atoms with Crippen LogP contribution in [0.2, 0.25) is 0 Å². The van der Waals surface area contributed by atoms with Crippen LogP contribution in [0, 0.1) is 28.6 Å². The van der Waals surface area contributed by atoms with Crippen molar-refractivity contribution < 1.29 is 5.11 Å². The van der Waals surface area contributed by atoms with Crippen LogP contribution < -0.4 is 0 Å². The van der Waals surface area contributed by atoms with Crippen molar-refractivity contribution in [1.82, 2.24) is 0 Å². The van der Waals surface area contributed by atoms with Gasteiger partial charge in [0.1, 0.15) is 0 Å². The molecule has 1 N–H and O–H groups in total. The summed E-state index contributed by atoms with van der Waals surface area (Å²) in [5.74, 6) is 1.10. The molecule has 2 aliphatic rings. The fourth-order valence-electron chi connectivity index (χ4n) is 2.83. The van der Waals surface area contributed by atoms with Crippen LogP contribution >= 0.6 is 0 Å². The van der Waals surface area contributed by atoms with E-state index in [4.69, 9.17) is 0 Å². The molecular weight excluding hydrogens is 174 g/mol. The average molecular weight is 193 g/mol. The first-order valence-electron chi connectivity index (χ1n) is 5.81. The average Bonchev–Trinajstić information content (AvgIpc) is 2.97. The van der Waals surface area contributed by atoms with Crippen LogP contribution in [0.3, 0.4) is 0 Å². The Morgan fingerprint density at radius 2 is 2.21 bits per heavy atom. The zero-order valence-electron chi connectivity index (χ0n) is 8.87. The van der Waals surface area contributed by atoms with Gasteiger partial charge >= 0.3 is 0 Å². The van der Waals surface area contributed by atoms with Gasteiger partial charge in [-0.25, -0.2) is 0 Å². The third kappa shape index (κ3) is 1.54. The normalized spacial score (nSPS) is 39.4. The van der Waals surface area contributed by atoms with Crippen LogP contribution in [0.15, 0.2) is 0 Å². The predicted molar refractivity (Wildman–Crippen MR) is 54.4 cm³/mol. The quantitative estimate of drug-likeness (QED) is 0.748. The van der Waals surface area contributed by atoms with Crippen LogP contribution in [0.1, 0.15) is 45.4 Å². The van der Waals surface area contributed by atoms with Gasteiger partial charge in [-0.3, -0.25) is 0 Å². The molecule has 78 valence electrons. The van der Waals surface area contributed by atoms with Crippen molar-refractivity contribution in [3.05, 3.63) is 0 Å². The Morgan fingerprint density at radius 3 is 2.64 bits per heavy atom. The Balaban J connectivity index is 2.07. The van der Waals surface area contributed by atoms with Crippen molar-refractivity contribution in [1.29, 1.82) is 5.26 Å². The molecule has 0 aromatic carbocycles. The standard InChI is InChI=1S/C12H19NO/c1-2-9-5-6-12(7-9,8-13)11(14)10-3-4-10/h9-11,14H,2-7H2,1H3. The lowest BCUT2D eigenvalue weighted by molar-refractivity contribution is 0.0457. The van der Waals surface area contributed by atoms with Gasteiger partial charge in [-0.2, -0.15) is 5.26 Å². The van der Waals surface area contributed by atoms with E-state index in [0.717, 1.165) is 38.5 Å². The highest BCUT2D eigenvalue weighted by Crippen LogP contribution is 2.51. The third-order valence-electron chi connectivity index (χ3n) is 4.09. The van der Waals surface area contributed by atoms with E-state index in [1.54, 1.807) is 0 Å². The molecule has 2 fully saturated rings. The number of hydrogen-bond acceptors (Lipinski definition) is 2. The van der Waals surface area contributed by atoms with Crippen molar-refractivity contribution >= 4 is 0 Å². The van der Waals surface area contributed by atoms with E-state index in [9.17, 15) is 10.4 Å². The number of rotatable bonds is 3. The molecule has 0 amide bonds. The van der Waals surface area contributed by atoms with E-state index in [1.165, 1.54) is 0 Å². The molecule has 0 saturated heterocycles. The summed E-state index contributed by atoms with van der Waals surface area (Å²) >= 11 is 0. The first kappa shape index (κ1) is 9.98. The number of hydrogen-bond donors (Lipinski definition) is 1. The van der Waals surface area contributed by atoms with E-state index < -0.39 is 0 Å². The van der Waals surface area contributed by atoms with Gasteiger partial charge in [0.2, 0.25) is 0 Å². The van der Waals surface area contributed by atoms with Crippen LogP contribution in [0.25, 0.3) is 0 Å². The van der Waals surface area contributed by atoms with E-state index in [1.807, 2.05) is 0 Å². The lowest BCUT2D eigenvalue weighted by Crippen LogP contribution is -2.33. The van der Waals surface area contributed by atoms with Gasteiger partial charge in [-0.15, -0.1) is 0 Å². The number of nitrogens with zero attached hydrogens (tertiary/aromatic N) is 1. The molecule has 3 unspecified atom stereocenters. The second kappa shape index (κ2) is 3.55. The lowest BCUT2D eigenvalue weighted by Gasteiger charge is -2.27. The molecule has 2 heteroatoms. The van der Waals surface area contributed by atoms with Crippen molar-refractivity contribution in [2.75, 3.05) is 0 Å². The molecule has 2 nitrogen and oxygen atoms in total. The van der Waals surface area contributed by atoms with E-state index >= 15 is 0 Å². The molecule has 0 bridgehead atoms. The molecule has 0 radical (unpaired) electrons. The molecule has 0 heterocycles. The summed E-state index contributed by atoms with van der Waals surface area (Å²) in [7, 11) is 0. The molecule has 0 aromatic rings. The molecule has 2 saturated carbocycles. The zero-order chi connectivity index (χ0) is 10.2. The largest absolute Gasteiger partial charge is 0.391 e. The smallest absolute Gasteiger partial charge is 0.0837 e. The molecule has 2 rings (SSSR count). The maximum Gasteiger partial charge on any atom is 0.0837 e. The van der Waals surface area contributed by atoms with Crippen molar-refractivity contribution in [3.63, 3.8) is 0 Å². The van der Waals surface area contributed by atoms with E-state index in [-0.39, 0.29) is 11.5 Å². The second-order valence-corrected chi connectivity index (χ2v) is 5.07. The lowest BCUT2D eigenvalue weighted by atomic mass is 9.78. The summed E-state index contributed by atoms with van der Waals surface area (Å²) in [6.07, 6.45) is 6.04. The molecule has 0 spiro atoms. The minimum Gasteiger partial charge on any atom is -0.391 e. The maximum atomic E-state index is 10.1.